The first-order valence-electron chi connectivity index (χ1n) is 10.6. The first-order chi connectivity index (χ1) is 14.8. The minimum Gasteiger partial charge on any atom is -0.348 e. The molecule has 1 unspecified atom stereocenters. The van der Waals surface area contributed by atoms with Crippen LogP contribution in [0, 0.1) is 13.8 Å². The standard InChI is InChI=1S/C25H27N3O3/c1-5-12-27-16(2)13-21(17(27)3)22(29)15-28-23(30)25(4,26-24(28)31)20-11-10-18-8-6-7-9-19(18)14-20/h6-11,13-14H,5,12,15H2,1-4H3,(H,26,31). The van der Waals surface area contributed by atoms with Crippen LogP contribution in [0.4, 0.5) is 4.79 Å². The van der Waals surface area contributed by atoms with Gasteiger partial charge in [-0.05, 0) is 55.7 Å². The first kappa shape index (κ1) is 20.8. The number of amides is 3. The largest absolute Gasteiger partial charge is 0.348 e. The van der Waals surface area contributed by atoms with Crippen molar-refractivity contribution in [3.63, 3.8) is 0 Å². The van der Waals surface area contributed by atoms with E-state index in [-0.39, 0.29) is 12.3 Å². The van der Waals surface area contributed by atoms with Gasteiger partial charge in [0.25, 0.3) is 5.91 Å². The molecule has 1 N–H and O–H groups in total. The van der Waals surface area contributed by atoms with E-state index in [0.29, 0.717) is 11.1 Å². The van der Waals surface area contributed by atoms with Crippen molar-refractivity contribution < 1.29 is 14.4 Å². The molecule has 6 heteroatoms. The summed E-state index contributed by atoms with van der Waals surface area (Å²) in [5.74, 6) is -0.648. The molecule has 0 radical (unpaired) electrons. The zero-order chi connectivity index (χ0) is 22.3. The number of hydrogen-bond donors (Lipinski definition) is 1. The molecule has 2 aromatic carbocycles. The second kappa shape index (κ2) is 7.69. The van der Waals surface area contributed by atoms with Gasteiger partial charge in [0.1, 0.15) is 5.54 Å². The number of carbonyl (C=O) groups excluding carboxylic acids is 3. The van der Waals surface area contributed by atoms with Crippen LogP contribution in [0.1, 0.15) is 47.6 Å². The fourth-order valence-corrected chi connectivity index (χ4v) is 4.42. The predicted octanol–water partition coefficient (Wildman–Crippen LogP) is 4.32. The highest BCUT2D eigenvalue weighted by Crippen LogP contribution is 2.31. The molecule has 0 spiro atoms. The van der Waals surface area contributed by atoms with Gasteiger partial charge in [0, 0.05) is 23.5 Å². The number of ketones is 1. The number of aromatic nitrogens is 1. The Morgan fingerprint density at radius 2 is 1.74 bits per heavy atom. The van der Waals surface area contributed by atoms with Crippen LogP contribution in [-0.4, -0.2) is 33.7 Å². The van der Waals surface area contributed by atoms with E-state index < -0.39 is 17.5 Å². The second-order valence-corrected chi connectivity index (χ2v) is 8.37. The number of rotatable bonds is 6. The molecular weight excluding hydrogens is 390 g/mol. The minimum atomic E-state index is -1.21. The summed E-state index contributed by atoms with van der Waals surface area (Å²) in [6.45, 7) is 8.19. The van der Waals surface area contributed by atoms with E-state index in [1.54, 1.807) is 6.92 Å². The molecule has 1 aliphatic rings. The Kier molecular flexibility index (Phi) is 5.17. The number of urea groups is 1. The zero-order valence-corrected chi connectivity index (χ0v) is 18.4. The Labute approximate surface area is 181 Å². The molecule has 1 atom stereocenters. The molecule has 3 amide bonds. The van der Waals surface area contributed by atoms with Crippen molar-refractivity contribution in [1.82, 2.24) is 14.8 Å². The molecule has 6 nitrogen and oxygen atoms in total. The highest BCUT2D eigenvalue weighted by atomic mass is 16.2. The summed E-state index contributed by atoms with van der Waals surface area (Å²) in [5.41, 5.74) is 1.92. The predicted molar refractivity (Wildman–Crippen MR) is 120 cm³/mol. The zero-order valence-electron chi connectivity index (χ0n) is 18.4. The fraction of sp³-hybridized carbons (Fsp3) is 0.320. The molecule has 1 aromatic heterocycles. The maximum Gasteiger partial charge on any atom is 0.325 e. The van der Waals surface area contributed by atoms with Crippen LogP contribution in [0.5, 0.6) is 0 Å². The molecule has 1 aliphatic heterocycles. The summed E-state index contributed by atoms with van der Waals surface area (Å²) >= 11 is 0. The fourth-order valence-electron chi connectivity index (χ4n) is 4.42. The number of imide groups is 1. The van der Waals surface area contributed by atoms with Gasteiger partial charge in [-0.3, -0.25) is 14.5 Å². The lowest BCUT2D eigenvalue weighted by atomic mass is 9.90. The Hall–Kier alpha value is -3.41. The summed E-state index contributed by atoms with van der Waals surface area (Å²) in [6.07, 6.45) is 0.959. The molecule has 3 aromatic rings. The van der Waals surface area contributed by atoms with Gasteiger partial charge in [0.15, 0.2) is 5.78 Å². The lowest BCUT2D eigenvalue weighted by Crippen LogP contribution is -2.41. The minimum absolute atomic E-state index is 0.235. The molecule has 0 aliphatic carbocycles. The lowest BCUT2D eigenvalue weighted by Gasteiger charge is -2.22. The Balaban J connectivity index is 1.61. The molecule has 160 valence electrons. The van der Waals surface area contributed by atoms with E-state index in [0.717, 1.165) is 40.0 Å². The van der Waals surface area contributed by atoms with Crippen molar-refractivity contribution in [3.8, 4) is 0 Å². The highest BCUT2D eigenvalue weighted by molar-refractivity contribution is 6.11. The third-order valence-electron chi connectivity index (χ3n) is 6.22. The summed E-state index contributed by atoms with van der Waals surface area (Å²) in [7, 11) is 0. The van der Waals surface area contributed by atoms with E-state index in [1.807, 2.05) is 62.4 Å². The molecular formula is C25H27N3O3. The van der Waals surface area contributed by atoms with E-state index in [9.17, 15) is 14.4 Å². The van der Waals surface area contributed by atoms with Gasteiger partial charge < -0.3 is 9.88 Å². The number of nitrogens with one attached hydrogen (secondary N) is 1. The quantitative estimate of drug-likeness (QED) is 0.480. The van der Waals surface area contributed by atoms with Crippen LogP contribution in [0.3, 0.4) is 0 Å². The van der Waals surface area contributed by atoms with Gasteiger partial charge in [-0.25, -0.2) is 4.79 Å². The highest BCUT2D eigenvalue weighted by Gasteiger charge is 2.49. The third-order valence-corrected chi connectivity index (χ3v) is 6.22. The summed E-state index contributed by atoms with van der Waals surface area (Å²) < 4.78 is 2.10. The van der Waals surface area contributed by atoms with Crippen LogP contribution in [0.2, 0.25) is 0 Å². The molecule has 0 saturated carbocycles. The SMILES string of the molecule is CCCn1c(C)cc(C(=O)CN2C(=O)NC(C)(c3ccc4ccccc4c3)C2=O)c1C. The molecule has 4 rings (SSSR count). The van der Waals surface area contributed by atoms with Crippen LogP contribution >= 0.6 is 0 Å². The number of hydrogen-bond acceptors (Lipinski definition) is 3. The second-order valence-electron chi connectivity index (χ2n) is 8.37. The van der Waals surface area contributed by atoms with Crippen LogP contribution < -0.4 is 5.32 Å². The number of aryl methyl sites for hydroxylation is 1. The topological polar surface area (TPSA) is 71.4 Å². The number of nitrogens with zero attached hydrogens (tertiary/aromatic N) is 2. The molecule has 31 heavy (non-hydrogen) atoms. The Morgan fingerprint density at radius 1 is 1.03 bits per heavy atom. The van der Waals surface area contributed by atoms with Crippen LogP contribution in [-0.2, 0) is 16.9 Å². The molecule has 1 fully saturated rings. The molecule has 0 bridgehead atoms. The van der Waals surface area contributed by atoms with Crippen molar-refractivity contribution in [2.75, 3.05) is 6.54 Å². The monoisotopic (exact) mass is 417 g/mol. The van der Waals surface area contributed by atoms with E-state index in [1.165, 1.54) is 0 Å². The lowest BCUT2D eigenvalue weighted by molar-refractivity contribution is -0.130. The summed E-state index contributed by atoms with van der Waals surface area (Å²) in [5, 5.41) is 4.84. The van der Waals surface area contributed by atoms with Gasteiger partial charge in [0.05, 0.1) is 6.54 Å². The smallest absolute Gasteiger partial charge is 0.325 e. The molecule has 1 saturated heterocycles. The Bertz CT molecular complexity index is 1210. The normalized spacial score (nSPS) is 18.6. The van der Waals surface area contributed by atoms with E-state index >= 15 is 0 Å². The van der Waals surface area contributed by atoms with E-state index in [4.69, 9.17) is 0 Å². The van der Waals surface area contributed by atoms with Crippen LogP contribution in [0.15, 0.2) is 48.5 Å². The number of benzene rings is 2. The average molecular weight is 418 g/mol. The van der Waals surface area contributed by atoms with E-state index in [2.05, 4.69) is 16.8 Å². The van der Waals surface area contributed by atoms with Gasteiger partial charge in [-0.2, -0.15) is 0 Å². The van der Waals surface area contributed by atoms with Crippen molar-refractivity contribution >= 4 is 28.5 Å². The Morgan fingerprint density at radius 3 is 2.45 bits per heavy atom. The number of carbonyl (C=O) groups is 3. The van der Waals surface area contributed by atoms with Gasteiger partial charge in [-0.1, -0.05) is 43.3 Å². The van der Waals surface area contributed by atoms with Crippen molar-refractivity contribution in [3.05, 3.63) is 71.0 Å². The van der Waals surface area contributed by atoms with Crippen molar-refractivity contribution in [1.29, 1.82) is 0 Å². The number of Topliss-reactive ketones (excluding diaryl/α,β-unsaturated/α-hetero) is 1. The third kappa shape index (κ3) is 3.42. The number of fused-ring (bicyclic) bond motifs is 1. The van der Waals surface area contributed by atoms with Gasteiger partial charge in [0.2, 0.25) is 0 Å². The first-order valence-corrected chi connectivity index (χ1v) is 10.6. The van der Waals surface area contributed by atoms with Crippen molar-refractivity contribution in [2.45, 2.75) is 46.2 Å². The molecule has 2 heterocycles. The maximum atomic E-state index is 13.3. The van der Waals surface area contributed by atoms with Gasteiger partial charge >= 0.3 is 6.03 Å². The summed E-state index contributed by atoms with van der Waals surface area (Å²) in [6, 6.07) is 14.9. The maximum absolute atomic E-state index is 13.3. The van der Waals surface area contributed by atoms with Crippen LogP contribution in [0.25, 0.3) is 10.8 Å². The summed E-state index contributed by atoms with van der Waals surface area (Å²) in [4.78, 5) is 40.0. The average Bonchev–Trinajstić information content (AvgIpc) is 3.16. The van der Waals surface area contributed by atoms with Gasteiger partial charge in [-0.15, -0.1) is 0 Å². The van der Waals surface area contributed by atoms with Crippen molar-refractivity contribution in [2.24, 2.45) is 0 Å².